The molecule has 2 aliphatic rings. The van der Waals surface area contributed by atoms with Gasteiger partial charge in [-0.3, -0.25) is 9.59 Å². The molecule has 4 aromatic rings. The molecular weight excluding hydrogens is 514 g/mol. The van der Waals surface area contributed by atoms with Gasteiger partial charge in [0.15, 0.2) is 0 Å². The number of para-hydroxylation sites is 1. The van der Waals surface area contributed by atoms with Crippen molar-refractivity contribution in [2.75, 3.05) is 31.6 Å². The quantitative estimate of drug-likeness (QED) is 0.380. The predicted octanol–water partition coefficient (Wildman–Crippen LogP) is 4.98. The molecule has 0 radical (unpaired) electrons. The minimum atomic E-state index is -0.856. The zero-order valence-electron chi connectivity index (χ0n) is 21.6. The molecule has 0 bridgehead atoms. The molecule has 1 saturated heterocycles. The number of morpholine rings is 1. The molecule has 1 fully saturated rings. The van der Waals surface area contributed by atoms with E-state index < -0.39 is 5.41 Å². The van der Waals surface area contributed by atoms with Crippen LogP contribution in [-0.4, -0.2) is 58.2 Å². The molecule has 39 heavy (non-hydrogen) atoms. The molecule has 198 valence electrons. The molecule has 6 rings (SSSR count). The maximum atomic E-state index is 13.5. The first-order valence-corrected chi connectivity index (χ1v) is 13.6. The van der Waals surface area contributed by atoms with Gasteiger partial charge in [-0.25, -0.2) is 4.98 Å². The number of hydrogen-bond acceptors (Lipinski definition) is 8. The molecule has 0 aliphatic carbocycles. The van der Waals surface area contributed by atoms with Crippen LogP contribution in [0.5, 0.6) is 11.6 Å². The van der Waals surface area contributed by atoms with E-state index in [9.17, 15) is 9.59 Å². The van der Waals surface area contributed by atoms with E-state index >= 15 is 0 Å². The Balaban J connectivity index is 1.31. The molecule has 2 aromatic carbocycles. The number of anilines is 1. The summed E-state index contributed by atoms with van der Waals surface area (Å²) < 4.78 is 11.6. The topological polar surface area (TPSA) is 107 Å². The van der Waals surface area contributed by atoms with Crippen LogP contribution in [0.1, 0.15) is 41.3 Å². The van der Waals surface area contributed by atoms with Crippen molar-refractivity contribution >= 4 is 28.3 Å². The molecule has 0 spiro atoms. The third kappa shape index (κ3) is 4.77. The van der Waals surface area contributed by atoms with Gasteiger partial charge in [-0.05, 0) is 24.3 Å². The van der Waals surface area contributed by atoms with Crippen LogP contribution in [0.3, 0.4) is 0 Å². The molecule has 9 nitrogen and oxygen atoms in total. The summed E-state index contributed by atoms with van der Waals surface area (Å²) in [6.07, 6.45) is 0. The van der Waals surface area contributed by atoms with Gasteiger partial charge < -0.3 is 19.7 Å². The van der Waals surface area contributed by atoms with Crippen molar-refractivity contribution in [3.05, 3.63) is 82.9 Å². The van der Waals surface area contributed by atoms with E-state index in [1.54, 1.807) is 5.51 Å². The molecule has 4 heterocycles. The third-order valence-corrected chi connectivity index (χ3v) is 7.86. The summed E-state index contributed by atoms with van der Waals surface area (Å²) in [4.78, 5) is 33.0. The maximum absolute atomic E-state index is 13.5. The van der Waals surface area contributed by atoms with Gasteiger partial charge >= 0.3 is 0 Å². The highest BCUT2D eigenvalue weighted by Crippen LogP contribution is 2.52. The Morgan fingerprint density at radius 3 is 2.51 bits per heavy atom. The Morgan fingerprint density at radius 1 is 1.00 bits per heavy atom. The summed E-state index contributed by atoms with van der Waals surface area (Å²) in [6.45, 7) is 6.15. The first-order chi connectivity index (χ1) is 18.9. The standard InChI is InChI=1S/C29H27N5O4S/c1-29(2,27(36)32-28-33-30-17-39-28)24-20-5-3-4-6-23(20)38-25-21(24)11-12-22(31-25)18-7-9-19(10-8-18)26(35)34-13-15-37-16-14-34/h3-12,17,24H,13-16H2,1-2H3,(H,32,33,36)/t24-/m0/s1. The molecule has 0 saturated carbocycles. The van der Waals surface area contributed by atoms with Crippen molar-refractivity contribution in [2.24, 2.45) is 5.41 Å². The number of amides is 2. The number of carbonyl (C=O) groups is 2. The summed E-state index contributed by atoms with van der Waals surface area (Å²) in [5.41, 5.74) is 4.68. The van der Waals surface area contributed by atoms with Crippen molar-refractivity contribution in [2.45, 2.75) is 19.8 Å². The van der Waals surface area contributed by atoms with E-state index in [1.807, 2.05) is 79.4 Å². The first-order valence-electron chi connectivity index (χ1n) is 12.7. The molecule has 0 unspecified atom stereocenters. The molecule has 2 amide bonds. The number of carbonyl (C=O) groups excluding carboxylic acids is 2. The zero-order chi connectivity index (χ0) is 27.0. The number of hydrogen-bond donors (Lipinski definition) is 1. The normalized spacial score (nSPS) is 16.6. The largest absolute Gasteiger partial charge is 0.438 e. The Kier molecular flexibility index (Phi) is 6.58. The van der Waals surface area contributed by atoms with Crippen LogP contribution in [0.25, 0.3) is 11.3 Å². The van der Waals surface area contributed by atoms with E-state index in [4.69, 9.17) is 14.5 Å². The highest BCUT2D eigenvalue weighted by molar-refractivity contribution is 7.13. The van der Waals surface area contributed by atoms with Gasteiger partial charge in [0, 0.05) is 41.3 Å². The van der Waals surface area contributed by atoms with Gasteiger partial charge in [-0.2, -0.15) is 0 Å². The molecule has 2 aromatic heterocycles. The number of rotatable bonds is 5. The second-order valence-corrected chi connectivity index (χ2v) is 10.9. The Hall–Kier alpha value is -4.15. The molecule has 1 atom stereocenters. The lowest BCUT2D eigenvalue weighted by molar-refractivity contribution is -0.124. The van der Waals surface area contributed by atoms with Gasteiger partial charge in [-0.1, -0.05) is 61.6 Å². The van der Waals surface area contributed by atoms with Crippen LogP contribution >= 0.6 is 11.3 Å². The van der Waals surface area contributed by atoms with Gasteiger partial charge in [-0.15, -0.1) is 10.2 Å². The Bertz CT molecular complexity index is 1520. The highest BCUT2D eigenvalue weighted by atomic mass is 32.1. The van der Waals surface area contributed by atoms with Crippen molar-refractivity contribution in [3.63, 3.8) is 0 Å². The monoisotopic (exact) mass is 541 g/mol. The van der Waals surface area contributed by atoms with Crippen molar-refractivity contribution in [1.29, 1.82) is 0 Å². The van der Waals surface area contributed by atoms with Crippen LogP contribution in [0, 0.1) is 5.41 Å². The molecular formula is C29H27N5O4S. The fourth-order valence-electron chi connectivity index (χ4n) is 5.12. The predicted molar refractivity (Wildman–Crippen MR) is 147 cm³/mol. The van der Waals surface area contributed by atoms with Gasteiger partial charge in [0.05, 0.1) is 24.3 Å². The number of nitrogens with zero attached hydrogens (tertiary/aromatic N) is 4. The summed E-state index contributed by atoms with van der Waals surface area (Å²) in [7, 11) is 0. The number of ether oxygens (including phenoxy) is 2. The van der Waals surface area contributed by atoms with Gasteiger partial charge in [0.1, 0.15) is 11.3 Å². The summed E-state index contributed by atoms with van der Waals surface area (Å²) >= 11 is 1.27. The zero-order valence-corrected chi connectivity index (χ0v) is 22.4. The number of nitrogens with one attached hydrogen (secondary N) is 1. The molecule has 2 aliphatic heterocycles. The smallest absolute Gasteiger partial charge is 0.254 e. The van der Waals surface area contributed by atoms with E-state index in [1.165, 1.54) is 11.3 Å². The number of benzene rings is 2. The minimum absolute atomic E-state index is 0.0000648. The third-order valence-electron chi connectivity index (χ3n) is 7.25. The van der Waals surface area contributed by atoms with Crippen molar-refractivity contribution in [1.82, 2.24) is 20.1 Å². The summed E-state index contributed by atoms with van der Waals surface area (Å²) in [5, 5.41) is 11.1. The van der Waals surface area contributed by atoms with Crippen LogP contribution in [0.2, 0.25) is 0 Å². The average Bonchev–Trinajstić information content (AvgIpc) is 3.48. The second-order valence-electron chi connectivity index (χ2n) is 10.1. The van der Waals surface area contributed by atoms with Gasteiger partial charge in [0.2, 0.25) is 16.9 Å². The number of aromatic nitrogens is 3. The Labute approximate surface area is 229 Å². The van der Waals surface area contributed by atoms with Gasteiger partial charge in [0.25, 0.3) is 5.91 Å². The lowest BCUT2D eigenvalue weighted by atomic mass is 9.69. The second kappa shape index (κ2) is 10.2. The van der Waals surface area contributed by atoms with Crippen LogP contribution in [-0.2, 0) is 9.53 Å². The maximum Gasteiger partial charge on any atom is 0.254 e. The van der Waals surface area contributed by atoms with Crippen molar-refractivity contribution < 1.29 is 19.1 Å². The minimum Gasteiger partial charge on any atom is -0.438 e. The lowest BCUT2D eigenvalue weighted by Gasteiger charge is -2.37. The Morgan fingerprint density at radius 2 is 1.77 bits per heavy atom. The molecule has 1 N–H and O–H groups in total. The SMILES string of the molecule is CC(C)(C(=O)Nc1nncs1)[C@H]1c2ccccc2Oc2nc(-c3ccc(C(=O)N4CCOCC4)cc3)ccc21. The number of pyridine rings is 1. The number of fused-ring (bicyclic) bond motifs is 2. The van der Waals surface area contributed by atoms with Crippen LogP contribution < -0.4 is 10.1 Å². The van der Waals surface area contributed by atoms with E-state index in [2.05, 4.69) is 15.5 Å². The van der Waals surface area contributed by atoms with E-state index in [0.29, 0.717) is 54.3 Å². The fourth-order valence-corrected chi connectivity index (χ4v) is 5.56. The molecule has 10 heteroatoms. The van der Waals surface area contributed by atoms with E-state index in [0.717, 1.165) is 16.7 Å². The summed E-state index contributed by atoms with van der Waals surface area (Å²) in [6, 6.07) is 19.1. The first kappa shape index (κ1) is 25.1. The average molecular weight is 542 g/mol. The fraction of sp³-hybridized carbons (Fsp3) is 0.276. The van der Waals surface area contributed by atoms with E-state index in [-0.39, 0.29) is 17.7 Å². The van der Waals surface area contributed by atoms with Crippen LogP contribution in [0.4, 0.5) is 5.13 Å². The summed E-state index contributed by atoms with van der Waals surface area (Å²) in [5.74, 6) is 0.654. The van der Waals surface area contributed by atoms with Crippen LogP contribution in [0.15, 0.2) is 66.2 Å². The van der Waals surface area contributed by atoms with Crippen molar-refractivity contribution in [3.8, 4) is 22.9 Å². The highest BCUT2D eigenvalue weighted by Gasteiger charge is 2.44. The lowest BCUT2D eigenvalue weighted by Crippen LogP contribution is -2.40.